The molecule has 2 fully saturated rings. The molecule has 0 unspecified atom stereocenters. The Balaban J connectivity index is 0.00000320. The summed E-state index contributed by atoms with van der Waals surface area (Å²) in [6, 6.07) is 11.2. The molecule has 0 aliphatic carbocycles. The predicted molar refractivity (Wildman–Crippen MR) is 133 cm³/mol. The summed E-state index contributed by atoms with van der Waals surface area (Å²) < 4.78 is 0. The van der Waals surface area contributed by atoms with Crippen LogP contribution >= 0.6 is 24.0 Å². The van der Waals surface area contributed by atoms with E-state index in [-0.39, 0.29) is 29.9 Å². The minimum atomic E-state index is 0. The van der Waals surface area contributed by atoms with E-state index in [2.05, 4.69) is 55.8 Å². The quantitative estimate of drug-likeness (QED) is 0.334. The minimum Gasteiger partial charge on any atom is -0.355 e. The smallest absolute Gasteiger partial charge is 0.219 e. The summed E-state index contributed by atoms with van der Waals surface area (Å²) in [5.74, 6) is 1.08. The molecule has 3 rings (SSSR count). The fraction of sp³-hybridized carbons (Fsp3) is 0.636. The van der Waals surface area contributed by atoms with Crippen LogP contribution in [-0.4, -0.2) is 92.0 Å². The van der Waals surface area contributed by atoms with Gasteiger partial charge in [0.2, 0.25) is 5.91 Å². The van der Waals surface area contributed by atoms with Gasteiger partial charge >= 0.3 is 0 Å². The Kier molecular flexibility index (Phi) is 10.9. The molecule has 2 saturated heterocycles. The van der Waals surface area contributed by atoms with E-state index < -0.39 is 0 Å². The summed E-state index contributed by atoms with van der Waals surface area (Å²) in [4.78, 5) is 22.7. The number of hydrogen-bond acceptors (Lipinski definition) is 4. The van der Waals surface area contributed by atoms with E-state index in [0.717, 1.165) is 77.7 Å². The lowest BCUT2D eigenvalue weighted by molar-refractivity contribution is -0.130. The highest BCUT2D eigenvalue weighted by Gasteiger charge is 2.21. The predicted octanol–water partition coefficient (Wildman–Crippen LogP) is 1.60. The fourth-order valence-electron chi connectivity index (χ4n) is 4.08. The number of aliphatic imine (C=N–C) groups is 1. The molecule has 0 atom stereocenters. The molecule has 30 heavy (non-hydrogen) atoms. The second-order valence-corrected chi connectivity index (χ2v) is 8.03. The first kappa shape index (κ1) is 24.9. The highest BCUT2D eigenvalue weighted by molar-refractivity contribution is 14.0. The highest BCUT2D eigenvalue weighted by atomic mass is 127. The molecule has 7 nitrogen and oxygen atoms in total. The molecule has 2 aliphatic heterocycles. The number of piperidine rings is 1. The van der Waals surface area contributed by atoms with E-state index in [1.165, 1.54) is 5.56 Å². The van der Waals surface area contributed by atoms with Gasteiger partial charge in [0, 0.05) is 78.9 Å². The monoisotopic (exact) mass is 528 g/mol. The summed E-state index contributed by atoms with van der Waals surface area (Å²) in [5.41, 5.74) is 1.39. The molecule has 1 aromatic carbocycles. The molecule has 0 bridgehead atoms. The van der Waals surface area contributed by atoms with Crippen LogP contribution in [-0.2, 0) is 11.3 Å². The van der Waals surface area contributed by atoms with Crippen LogP contribution in [0.1, 0.15) is 25.3 Å². The first-order valence-electron chi connectivity index (χ1n) is 10.9. The van der Waals surface area contributed by atoms with E-state index in [0.29, 0.717) is 6.04 Å². The molecule has 1 amide bonds. The Morgan fingerprint density at radius 3 is 2.30 bits per heavy atom. The number of benzene rings is 1. The Hall–Kier alpha value is -1.39. The topological polar surface area (TPSA) is 63.2 Å². The van der Waals surface area contributed by atoms with Gasteiger partial charge in [0.1, 0.15) is 0 Å². The molecular formula is C22H37IN6O. The van der Waals surface area contributed by atoms with E-state index in [9.17, 15) is 4.79 Å². The van der Waals surface area contributed by atoms with Gasteiger partial charge in [-0.1, -0.05) is 30.3 Å². The van der Waals surface area contributed by atoms with E-state index in [4.69, 9.17) is 0 Å². The van der Waals surface area contributed by atoms with Crippen molar-refractivity contribution in [2.45, 2.75) is 32.4 Å². The summed E-state index contributed by atoms with van der Waals surface area (Å²) in [7, 11) is 1.84. The highest BCUT2D eigenvalue weighted by Crippen LogP contribution is 2.13. The number of carbonyl (C=O) groups excluding carboxylic acids is 1. The largest absolute Gasteiger partial charge is 0.355 e. The van der Waals surface area contributed by atoms with Crippen LogP contribution in [0.15, 0.2) is 35.3 Å². The molecular weight excluding hydrogens is 491 g/mol. The zero-order valence-electron chi connectivity index (χ0n) is 18.3. The summed E-state index contributed by atoms with van der Waals surface area (Å²) in [6.45, 7) is 10.3. The third kappa shape index (κ3) is 8.03. The number of carbonyl (C=O) groups is 1. The number of piperazine rings is 1. The molecule has 0 saturated carbocycles. The Labute approximate surface area is 198 Å². The maximum absolute atomic E-state index is 11.4. The van der Waals surface area contributed by atoms with Gasteiger partial charge in [-0.05, 0) is 18.4 Å². The zero-order valence-corrected chi connectivity index (χ0v) is 20.7. The van der Waals surface area contributed by atoms with Crippen molar-refractivity contribution in [3.8, 4) is 0 Å². The average molecular weight is 528 g/mol. The summed E-state index contributed by atoms with van der Waals surface area (Å²) in [6.07, 6.45) is 2.28. The van der Waals surface area contributed by atoms with Crippen LogP contribution in [0.2, 0.25) is 0 Å². The molecule has 2 aliphatic rings. The molecule has 0 spiro atoms. The number of rotatable bonds is 6. The second kappa shape index (κ2) is 13.1. The first-order valence-corrected chi connectivity index (χ1v) is 10.9. The van der Waals surface area contributed by atoms with E-state index in [1.54, 1.807) is 6.92 Å². The van der Waals surface area contributed by atoms with Crippen LogP contribution in [0.25, 0.3) is 0 Å². The number of amides is 1. The van der Waals surface area contributed by atoms with E-state index in [1.807, 2.05) is 11.9 Å². The van der Waals surface area contributed by atoms with Crippen molar-refractivity contribution in [1.29, 1.82) is 0 Å². The normalized spacial score (nSPS) is 19.3. The number of likely N-dealkylation sites (tertiary alicyclic amines) is 1. The Morgan fingerprint density at radius 1 is 1.03 bits per heavy atom. The molecule has 2 heterocycles. The standard InChI is InChI=1S/C22H36N6O.HI/c1-19(29)28-16-14-26(15-17-28)13-10-24-22(23-2)25-21-8-11-27(12-9-21)18-20-6-4-3-5-7-20;/h3-7,21H,8-18H2,1-2H3,(H2,23,24,25);1H. The fourth-order valence-corrected chi connectivity index (χ4v) is 4.08. The molecule has 0 radical (unpaired) electrons. The van der Waals surface area contributed by atoms with Crippen molar-refractivity contribution in [2.75, 3.05) is 59.4 Å². The van der Waals surface area contributed by atoms with Crippen LogP contribution in [0.4, 0.5) is 0 Å². The van der Waals surface area contributed by atoms with Crippen molar-refractivity contribution in [1.82, 2.24) is 25.3 Å². The van der Waals surface area contributed by atoms with Crippen LogP contribution < -0.4 is 10.6 Å². The van der Waals surface area contributed by atoms with Gasteiger partial charge in [0.05, 0.1) is 0 Å². The van der Waals surface area contributed by atoms with Crippen LogP contribution in [0, 0.1) is 0 Å². The molecule has 1 aromatic rings. The van der Waals surface area contributed by atoms with Gasteiger partial charge < -0.3 is 15.5 Å². The Morgan fingerprint density at radius 2 is 1.70 bits per heavy atom. The van der Waals surface area contributed by atoms with Gasteiger partial charge in [0.15, 0.2) is 5.96 Å². The first-order chi connectivity index (χ1) is 14.1. The van der Waals surface area contributed by atoms with Crippen molar-refractivity contribution in [3.05, 3.63) is 35.9 Å². The molecule has 168 valence electrons. The SMILES string of the molecule is CN=C(NCCN1CCN(C(C)=O)CC1)NC1CCN(Cc2ccccc2)CC1.I. The summed E-state index contributed by atoms with van der Waals surface area (Å²) >= 11 is 0. The van der Waals surface area contributed by atoms with Crippen molar-refractivity contribution < 1.29 is 4.79 Å². The maximum atomic E-state index is 11.4. The molecule has 8 heteroatoms. The number of hydrogen-bond donors (Lipinski definition) is 2. The lowest BCUT2D eigenvalue weighted by Crippen LogP contribution is -2.52. The second-order valence-electron chi connectivity index (χ2n) is 8.03. The molecule has 0 aromatic heterocycles. The number of guanidine groups is 1. The van der Waals surface area contributed by atoms with Gasteiger partial charge in [-0.25, -0.2) is 0 Å². The number of nitrogens with one attached hydrogen (secondary N) is 2. The van der Waals surface area contributed by atoms with Gasteiger partial charge in [-0.2, -0.15) is 0 Å². The van der Waals surface area contributed by atoms with E-state index >= 15 is 0 Å². The molecule has 2 N–H and O–H groups in total. The van der Waals surface area contributed by atoms with Crippen LogP contribution in [0.5, 0.6) is 0 Å². The van der Waals surface area contributed by atoms with Crippen molar-refractivity contribution >= 4 is 35.8 Å². The minimum absolute atomic E-state index is 0. The average Bonchev–Trinajstić information content (AvgIpc) is 2.75. The van der Waals surface area contributed by atoms with Gasteiger partial charge in [-0.15, -0.1) is 24.0 Å². The van der Waals surface area contributed by atoms with Crippen molar-refractivity contribution in [3.63, 3.8) is 0 Å². The lowest BCUT2D eigenvalue weighted by Gasteiger charge is -2.34. The third-order valence-electron chi connectivity index (χ3n) is 5.94. The zero-order chi connectivity index (χ0) is 20.5. The maximum Gasteiger partial charge on any atom is 0.219 e. The third-order valence-corrected chi connectivity index (χ3v) is 5.94. The van der Waals surface area contributed by atoms with Gasteiger partial charge in [0.25, 0.3) is 0 Å². The van der Waals surface area contributed by atoms with Gasteiger partial charge in [-0.3, -0.25) is 19.6 Å². The van der Waals surface area contributed by atoms with Crippen molar-refractivity contribution in [2.24, 2.45) is 4.99 Å². The Bertz CT molecular complexity index is 655. The van der Waals surface area contributed by atoms with Crippen LogP contribution in [0.3, 0.4) is 0 Å². The number of nitrogens with zero attached hydrogens (tertiary/aromatic N) is 4. The summed E-state index contributed by atoms with van der Waals surface area (Å²) in [5, 5.41) is 7.04. The lowest BCUT2D eigenvalue weighted by atomic mass is 10.0. The number of halogens is 1.